The highest BCUT2D eigenvalue weighted by molar-refractivity contribution is 7.91. The molecule has 1 heterocycles. The highest BCUT2D eigenvalue weighted by Crippen LogP contribution is 2.41. The van der Waals surface area contributed by atoms with Gasteiger partial charge in [-0.25, -0.2) is 13.2 Å². The first-order valence-electron chi connectivity index (χ1n) is 12.5. The maximum absolute atomic E-state index is 13.0. The second kappa shape index (κ2) is 10.9. The molecule has 1 aliphatic heterocycles. The SMILES string of the molecule is CCCCCCCCc1cc2c(cc1/C(C)=C\c1ccc(C(=O)O)cc1)C(C)(C)CCS2(=O)=O. The molecule has 2 aromatic carbocycles. The van der Waals surface area contributed by atoms with Crippen LogP contribution in [0.4, 0.5) is 0 Å². The topological polar surface area (TPSA) is 71.4 Å². The number of unbranched alkanes of at least 4 members (excludes halogenated alkanes) is 5. The number of rotatable bonds is 10. The number of hydrogen-bond donors (Lipinski definition) is 1. The minimum atomic E-state index is -3.27. The van der Waals surface area contributed by atoms with Gasteiger partial charge >= 0.3 is 5.97 Å². The van der Waals surface area contributed by atoms with Crippen LogP contribution in [-0.4, -0.2) is 25.2 Å². The molecule has 34 heavy (non-hydrogen) atoms. The van der Waals surface area contributed by atoms with Crippen LogP contribution in [-0.2, 0) is 21.7 Å². The number of fused-ring (bicyclic) bond motifs is 1. The standard InChI is InChI=1S/C29H38O4S/c1-5-6-7-8-9-10-11-24-19-27-26(29(3,4)16-17-34(27,32)33)20-25(24)21(2)18-22-12-14-23(15-13-22)28(30)31/h12-15,18-20H,5-11,16-17H2,1-4H3,(H,30,31)/b21-18-. The van der Waals surface area contributed by atoms with Crippen LogP contribution in [0, 0.1) is 0 Å². The molecule has 0 amide bonds. The van der Waals surface area contributed by atoms with Gasteiger partial charge in [0, 0.05) is 0 Å². The Hall–Kier alpha value is -2.40. The molecule has 0 aromatic heterocycles. The van der Waals surface area contributed by atoms with Crippen LogP contribution in [0.5, 0.6) is 0 Å². The summed E-state index contributed by atoms with van der Waals surface area (Å²) in [5, 5.41) is 9.16. The van der Waals surface area contributed by atoms with E-state index >= 15 is 0 Å². The fourth-order valence-corrected chi connectivity index (χ4v) is 6.75. The van der Waals surface area contributed by atoms with E-state index in [1.54, 1.807) is 12.1 Å². The predicted molar refractivity (Wildman–Crippen MR) is 140 cm³/mol. The molecule has 4 nitrogen and oxygen atoms in total. The van der Waals surface area contributed by atoms with Gasteiger partial charge in [0.05, 0.1) is 16.2 Å². The molecule has 3 rings (SSSR count). The number of allylic oxidation sites excluding steroid dienone is 1. The van der Waals surface area contributed by atoms with Crippen LogP contribution in [0.1, 0.15) is 105 Å². The quantitative estimate of drug-likeness (QED) is 0.285. The maximum atomic E-state index is 13.0. The molecule has 184 valence electrons. The van der Waals surface area contributed by atoms with E-state index < -0.39 is 15.8 Å². The molecule has 0 fully saturated rings. The zero-order chi connectivity index (χ0) is 24.9. The monoisotopic (exact) mass is 482 g/mol. The Balaban J connectivity index is 1.99. The van der Waals surface area contributed by atoms with Crippen LogP contribution < -0.4 is 0 Å². The lowest BCUT2D eigenvalue weighted by molar-refractivity contribution is 0.0697. The average Bonchev–Trinajstić information content (AvgIpc) is 2.79. The van der Waals surface area contributed by atoms with Crippen molar-refractivity contribution in [2.75, 3.05) is 5.75 Å². The fraction of sp³-hybridized carbons (Fsp3) is 0.483. The van der Waals surface area contributed by atoms with Gasteiger partial charge in [0.1, 0.15) is 0 Å². The summed E-state index contributed by atoms with van der Waals surface area (Å²) in [5.74, 6) is -0.736. The molecule has 0 saturated carbocycles. The van der Waals surface area contributed by atoms with Gasteiger partial charge in [0.25, 0.3) is 0 Å². The van der Waals surface area contributed by atoms with Crippen LogP contribution >= 0.6 is 0 Å². The van der Waals surface area contributed by atoms with Gasteiger partial charge in [-0.15, -0.1) is 0 Å². The van der Waals surface area contributed by atoms with Gasteiger partial charge in [-0.3, -0.25) is 0 Å². The van der Waals surface area contributed by atoms with Crippen molar-refractivity contribution in [2.24, 2.45) is 0 Å². The number of aryl methyl sites for hydroxylation is 1. The van der Waals surface area contributed by atoms with Crippen LogP contribution in [0.2, 0.25) is 0 Å². The van der Waals surface area contributed by atoms with E-state index in [2.05, 4.69) is 39.8 Å². The summed E-state index contributed by atoms with van der Waals surface area (Å²) in [6.07, 6.45) is 10.7. The van der Waals surface area contributed by atoms with Gasteiger partial charge in [-0.1, -0.05) is 71.1 Å². The molecule has 0 radical (unpaired) electrons. The van der Waals surface area contributed by atoms with E-state index in [1.165, 1.54) is 25.7 Å². The van der Waals surface area contributed by atoms with Crippen molar-refractivity contribution in [2.45, 2.75) is 89.4 Å². The summed E-state index contributed by atoms with van der Waals surface area (Å²) in [4.78, 5) is 11.7. The van der Waals surface area contributed by atoms with E-state index in [4.69, 9.17) is 5.11 Å². The van der Waals surface area contributed by atoms with E-state index in [1.807, 2.05) is 18.2 Å². The minimum absolute atomic E-state index is 0.197. The highest BCUT2D eigenvalue weighted by atomic mass is 32.2. The molecule has 1 N–H and O–H groups in total. The smallest absolute Gasteiger partial charge is 0.335 e. The Morgan fingerprint density at radius 3 is 2.32 bits per heavy atom. The molecule has 2 aromatic rings. The second-order valence-corrected chi connectivity index (χ2v) is 12.3. The normalized spacial score (nSPS) is 16.8. The lowest BCUT2D eigenvalue weighted by Crippen LogP contribution is -2.30. The van der Waals surface area contributed by atoms with Gasteiger partial charge in [-0.2, -0.15) is 0 Å². The van der Waals surface area contributed by atoms with Crippen molar-refractivity contribution in [1.82, 2.24) is 0 Å². The fourth-order valence-electron chi connectivity index (χ4n) is 4.76. The number of sulfone groups is 1. The summed E-state index contributed by atoms with van der Waals surface area (Å²) in [7, 11) is -3.27. The molecule has 0 saturated heterocycles. The Kier molecular flexibility index (Phi) is 8.40. The number of carboxylic acid groups (broad SMARTS) is 1. The highest BCUT2D eigenvalue weighted by Gasteiger charge is 2.36. The molecule has 0 atom stereocenters. The summed E-state index contributed by atoms with van der Waals surface area (Å²) in [6, 6.07) is 10.9. The largest absolute Gasteiger partial charge is 0.478 e. The van der Waals surface area contributed by atoms with Crippen molar-refractivity contribution < 1.29 is 18.3 Å². The number of carbonyl (C=O) groups is 1. The number of aromatic carboxylic acids is 1. The zero-order valence-electron chi connectivity index (χ0n) is 21.0. The number of hydrogen-bond acceptors (Lipinski definition) is 3. The Morgan fingerprint density at radius 1 is 1.03 bits per heavy atom. The minimum Gasteiger partial charge on any atom is -0.478 e. The van der Waals surface area contributed by atoms with E-state index in [0.29, 0.717) is 11.3 Å². The zero-order valence-corrected chi connectivity index (χ0v) is 21.8. The second-order valence-electron chi connectivity index (χ2n) is 10.2. The Morgan fingerprint density at radius 2 is 1.68 bits per heavy atom. The summed E-state index contributed by atoms with van der Waals surface area (Å²) in [5.41, 5.74) is 5.15. The summed E-state index contributed by atoms with van der Waals surface area (Å²) in [6.45, 7) is 8.52. The van der Waals surface area contributed by atoms with Crippen molar-refractivity contribution in [3.05, 3.63) is 64.2 Å². The third-order valence-electron chi connectivity index (χ3n) is 7.03. The maximum Gasteiger partial charge on any atom is 0.335 e. The molecular weight excluding hydrogens is 444 g/mol. The predicted octanol–water partition coefficient (Wildman–Crippen LogP) is 7.30. The first kappa shape index (κ1) is 26.2. The third kappa shape index (κ3) is 6.18. The van der Waals surface area contributed by atoms with Gasteiger partial charge in [0.2, 0.25) is 0 Å². The molecule has 0 bridgehead atoms. The lowest BCUT2D eigenvalue weighted by atomic mass is 9.79. The molecule has 1 aliphatic rings. The first-order valence-corrected chi connectivity index (χ1v) is 14.1. The van der Waals surface area contributed by atoms with Crippen LogP contribution in [0.15, 0.2) is 41.3 Å². The van der Waals surface area contributed by atoms with Crippen LogP contribution in [0.25, 0.3) is 11.6 Å². The van der Waals surface area contributed by atoms with Gasteiger partial charge in [-0.05, 0) is 83.7 Å². The van der Waals surface area contributed by atoms with Gasteiger partial charge in [0.15, 0.2) is 9.84 Å². The molecule has 0 aliphatic carbocycles. The van der Waals surface area contributed by atoms with E-state index in [-0.39, 0.29) is 16.7 Å². The molecular formula is C29H38O4S. The first-order chi connectivity index (χ1) is 16.0. The number of carboxylic acids is 1. The average molecular weight is 483 g/mol. The third-order valence-corrected chi connectivity index (χ3v) is 8.78. The molecule has 0 spiro atoms. The lowest BCUT2D eigenvalue weighted by Gasteiger charge is -2.33. The molecule has 0 unspecified atom stereocenters. The van der Waals surface area contributed by atoms with Crippen molar-refractivity contribution in [1.29, 1.82) is 0 Å². The summed E-state index contributed by atoms with van der Waals surface area (Å²) >= 11 is 0. The van der Waals surface area contributed by atoms with E-state index in [9.17, 15) is 13.2 Å². The Labute approximate surface area is 205 Å². The van der Waals surface area contributed by atoms with Crippen LogP contribution in [0.3, 0.4) is 0 Å². The summed E-state index contributed by atoms with van der Waals surface area (Å²) < 4.78 is 25.9. The molecule has 5 heteroatoms. The van der Waals surface area contributed by atoms with Gasteiger partial charge < -0.3 is 5.11 Å². The number of benzene rings is 2. The van der Waals surface area contributed by atoms with E-state index in [0.717, 1.165) is 47.1 Å². The Bertz CT molecular complexity index is 1160. The van der Waals surface area contributed by atoms with Crippen molar-refractivity contribution in [3.8, 4) is 0 Å². The van der Waals surface area contributed by atoms with Crippen molar-refractivity contribution in [3.63, 3.8) is 0 Å². The van der Waals surface area contributed by atoms with Crippen molar-refractivity contribution >= 4 is 27.5 Å².